The van der Waals surface area contributed by atoms with Gasteiger partial charge in [0.05, 0.1) is 61.0 Å². The van der Waals surface area contributed by atoms with Crippen LogP contribution in [-0.2, 0) is 47.7 Å². The van der Waals surface area contributed by atoms with Gasteiger partial charge in [0.1, 0.15) is 28.9 Å². The van der Waals surface area contributed by atoms with Gasteiger partial charge in [-0.3, -0.25) is 24.0 Å². The van der Waals surface area contributed by atoms with Gasteiger partial charge in [-0.15, -0.1) is 0 Å². The topological polar surface area (TPSA) is 132 Å². The van der Waals surface area contributed by atoms with Gasteiger partial charge in [0.15, 0.2) is 0 Å². The van der Waals surface area contributed by atoms with Crippen LogP contribution in [0.1, 0.15) is 153 Å². The molecule has 0 aliphatic carbocycles. The average molecular weight is 683 g/mol. The van der Waals surface area contributed by atoms with Crippen LogP contribution in [0.25, 0.3) is 0 Å². The van der Waals surface area contributed by atoms with Gasteiger partial charge in [-0.2, -0.15) is 0 Å². The van der Waals surface area contributed by atoms with Crippen molar-refractivity contribution >= 4 is 28.9 Å². The molecule has 0 spiro atoms. The van der Waals surface area contributed by atoms with Gasteiger partial charge in [0, 0.05) is 64.2 Å². The molecule has 0 radical (unpaired) electrons. The number of carbonyl (C=O) groups excluding carboxylic acids is 5. The van der Waals surface area contributed by atoms with Crippen LogP contribution >= 0.6 is 0 Å². The summed E-state index contributed by atoms with van der Waals surface area (Å²) in [7, 11) is 0. The number of rotatable bonds is 3. The molecule has 5 fully saturated rings. The summed E-state index contributed by atoms with van der Waals surface area (Å²) >= 11 is 0. The average Bonchev–Trinajstić information content (AvgIpc) is 2.96. The van der Waals surface area contributed by atoms with Gasteiger partial charge in [-0.05, 0) is 67.7 Å². The fourth-order valence-electron chi connectivity index (χ4n) is 6.27. The van der Waals surface area contributed by atoms with E-state index < -0.39 is 0 Å². The molecule has 0 amide bonds. The Morgan fingerprint density at radius 1 is 0.438 bits per heavy atom. The summed E-state index contributed by atoms with van der Waals surface area (Å²) in [6.45, 7) is 23.1. The van der Waals surface area contributed by atoms with E-state index in [1.165, 1.54) is 0 Å². The summed E-state index contributed by atoms with van der Waals surface area (Å²) in [5, 5.41) is 0. The molecule has 0 aromatic heterocycles. The number of ether oxygens (including phenoxy) is 5. The molecule has 0 aromatic rings. The van der Waals surface area contributed by atoms with Crippen LogP contribution < -0.4 is 0 Å². The van der Waals surface area contributed by atoms with Crippen LogP contribution in [0, 0.1) is 0 Å². The number of Topliss-reactive ketones (excluding diaryl/α,β-unsaturated/α-hetero) is 5. The Morgan fingerprint density at radius 2 is 0.854 bits per heavy atom. The summed E-state index contributed by atoms with van der Waals surface area (Å²) in [6, 6.07) is 0. The lowest BCUT2D eigenvalue weighted by molar-refractivity contribution is -0.169. The molecule has 5 aliphatic rings. The Morgan fingerprint density at radius 3 is 1.15 bits per heavy atom. The van der Waals surface area contributed by atoms with Crippen molar-refractivity contribution in [2.75, 3.05) is 33.0 Å². The van der Waals surface area contributed by atoms with E-state index in [2.05, 4.69) is 20.8 Å². The maximum atomic E-state index is 11.2. The summed E-state index contributed by atoms with van der Waals surface area (Å²) < 4.78 is 27.0. The van der Waals surface area contributed by atoms with E-state index >= 15 is 0 Å². The number of carbonyl (C=O) groups is 5. The first-order valence-corrected chi connectivity index (χ1v) is 18.0. The Kier molecular flexibility index (Phi) is 18.5. The fourth-order valence-corrected chi connectivity index (χ4v) is 6.27. The summed E-state index contributed by atoms with van der Waals surface area (Å²) in [4.78, 5) is 54.5. The van der Waals surface area contributed by atoms with Crippen LogP contribution in [0.3, 0.4) is 0 Å². The first-order valence-electron chi connectivity index (χ1n) is 18.0. The quantitative estimate of drug-likeness (QED) is 0.310. The molecule has 0 aromatic carbocycles. The van der Waals surface area contributed by atoms with Crippen LogP contribution in [0.5, 0.6) is 0 Å². The maximum Gasteiger partial charge on any atom is 0.138 e. The minimum atomic E-state index is -0.265. The Bertz CT molecular complexity index is 1030. The summed E-state index contributed by atoms with van der Waals surface area (Å²) in [5.41, 5.74) is -1.00. The normalized spacial score (nSPS) is 27.3. The van der Waals surface area contributed by atoms with E-state index in [0.717, 1.165) is 19.3 Å². The molecule has 1 atom stereocenters. The van der Waals surface area contributed by atoms with Crippen molar-refractivity contribution < 1.29 is 47.7 Å². The number of ketones is 5. The largest absolute Gasteiger partial charge is 0.381 e. The lowest BCUT2D eigenvalue weighted by Crippen LogP contribution is -2.45. The predicted octanol–water partition coefficient (Wildman–Crippen LogP) is 6.89. The van der Waals surface area contributed by atoms with E-state index in [1.807, 2.05) is 48.5 Å². The molecule has 48 heavy (non-hydrogen) atoms. The molecular weight excluding hydrogens is 616 g/mol. The molecule has 0 N–H and O–H groups in total. The number of hydrogen-bond acceptors (Lipinski definition) is 10. The van der Waals surface area contributed by atoms with Gasteiger partial charge in [-0.1, -0.05) is 20.8 Å². The molecular formula is C38H66O10. The van der Waals surface area contributed by atoms with Crippen LogP contribution in [0.4, 0.5) is 0 Å². The monoisotopic (exact) mass is 682 g/mol. The highest BCUT2D eigenvalue weighted by molar-refractivity contribution is 5.82. The second-order valence-electron chi connectivity index (χ2n) is 15.6. The van der Waals surface area contributed by atoms with E-state index in [-0.39, 0.29) is 28.0 Å². The predicted molar refractivity (Wildman–Crippen MR) is 185 cm³/mol. The second-order valence-corrected chi connectivity index (χ2v) is 15.6. The van der Waals surface area contributed by atoms with E-state index in [1.54, 1.807) is 0 Å². The first-order chi connectivity index (χ1) is 22.2. The Hall–Kier alpha value is -1.85. The molecule has 0 bridgehead atoms. The van der Waals surface area contributed by atoms with Crippen molar-refractivity contribution in [2.24, 2.45) is 0 Å². The van der Waals surface area contributed by atoms with Crippen molar-refractivity contribution in [1.29, 1.82) is 0 Å². The van der Waals surface area contributed by atoms with Crippen molar-refractivity contribution in [3.8, 4) is 0 Å². The molecule has 1 unspecified atom stereocenters. The SMILES string of the molecule is CC1(C)CC(=O)CC(C)(C)O1.CC1(C)CC(=O)CCO1.CCC1(C)CC(=O)CCO1.CCC1(CC)CC(=O)CCO1.O=C1CCOCC1. The molecule has 10 nitrogen and oxygen atoms in total. The molecule has 278 valence electrons. The van der Waals surface area contributed by atoms with Gasteiger partial charge in [0.2, 0.25) is 0 Å². The highest BCUT2D eigenvalue weighted by Crippen LogP contribution is 2.32. The van der Waals surface area contributed by atoms with Crippen molar-refractivity contribution in [3.63, 3.8) is 0 Å². The summed E-state index contributed by atoms with van der Waals surface area (Å²) in [5.74, 6) is 1.68. The van der Waals surface area contributed by atoms with Crippen molar-refractivity contribution in [3.05, 3.63) is 0 Å². The zero-order valence-corrected chi connectivity index (χ0v) is 31.8. The maximum absolute atomic E-state index is 11.2. The third-order valence-electron chi connectivity index (χ3n) is 9.09. The molecule has 5 saturated heterocycles. The van der Waals surface area contributed by atoms with Crippen LogP contribution in [0.15, 0.2) is 0 Å². The Balaban J connectivity index is 0.000000302. The van der Waals surface area contributed by atoms with Gasteiger partial charge in [-0.25, -0.2) is 0 Å². The number of hydrogen-bond donors (Lipinski definition) is 0. The standard InChI is InChI=1S/2C9H16O2.C8H14O2.C7H12O2.C5H8O2/c1-8(2)5-7(10)6-9(3,4)11-8;1-3-9(4-2)7-8(10)5-6-11-9;1-3-8(2)6-7(9)4-5-10-8;1-7(2)5-6(8)3-4-9-7;6-5-1-3-7-4-2-5/h5-6H2,1-4H3;3-7H2,1-2H3;3-6H2,1-2H3;3-5H2,1-2H3;1-4H2. The Labute approximate surface area is 290 Å². The molecule has 0 saturated carbocycles. The fraction of sp³-hybridized carbons (Fsp3) is 0.868. The van der Waals surface area contributed by atoms with Crippen LogP contribution in [0.2, 0.25) is 0 Å². The first kappa shape index (κ1) is 44.2. The highest BCUT2D eigenvalue weighted by atomic mass is 16.5. The lowest BCUT2D eigenvalue weighted by atomic mass is 9.88. The van der Waals surface area contributed by atoms with Gasteiger partial charge in [0.25, 0.3) is 0 Å². The highest BCUT2D eigenvalue weighted by Gasteiger charge is 2.38. The van der Waals surface area contributed by atoms with Crippen molar-refractivity contribution in [2.45, 2.75) is 181 Å². The smallest absolute Gasteiger partial charge is 0.138 e. The summed E-state index contributed by atoms with van der Waals surface area (Å²) in [6.07, 6.45) is 8.81. The third kappa shape index (κ3) is 18.2. The minimum absolute atomic E-state index is 0.116. The van der Waals surface area contributed by atoms with Crippen molar-refractivity contribution in [1.82, 2.24) is 0 Å². The molecule has 5 aliphatic heterocycles. The lowest BCUT2D eigenvalue weighted by Gasteiger charge is -2.40. The molecule has 10 heteroatoms. The zero-order valence-electron chi connectivity index (χ0n) is 31.8. The third-order valence-corrected chi connectivity index (χ3v) is 9.09. The van der Waals surface area contributed by atoms with Gasteiger partial charge < -0.3 is 23.7 Å². The van der Waals surface area contributed by atoms with E-state index in [9.17, 15) is 24.0 Å². The van der Waals surface area contributed by atoms with Crippen LogP contribution in [-0.4, -0.2) is 90.0 Å². The molecule has 5 rings (SSSR count). The second kappa shape index (κ2) is 20.1. The zero-order chi connectivity index (χ0) is 36.7. The van der Waals surface area contributed by atoms with E-state index in [4.69, 9.17) is 23.7 Å². The van der Waals surface area contributed by atoms with Gasteiger partial charge >= 0.3 is 0 Å². The minimum Gasteiger partial charge on any atom is -0.381 e. The van der Waals surface area contributed by atoms with E-state index in [0.29, 0.717) is 126 Å². The molecule has 5 heterocycles.